The Kier molecular flexibility index (Phi) is 3.56. The molecule has 1 aromatic heterocycles. The second-order valence-electron chi connectivity index (χ2n) is 5.54. The van der Waals surface area contributed by atoms with Crippen LogP contribution in [0.5, 0.6) is 0 Å². The van der Waals surface area contributed by atoms with Gasteiger partial charge in [-0.3, -0.25) is 0 Å². The number of nitrogens with zero attached hydrogens (tertiary/aromatic N) is 2. The number of piperidine rings is 3. The molecule has 1 aromatic carbocycles. The van der Waals surface area contributed by atoms with E-state index in [4.69, 9.17) is 4.52 Å². The van der Waals surface area contributed by atoms with Crippen molar-refractivity contribution in [2.75, 3.05) is 25.0 Å². The summed E-state index contributed by atoms with van der Waals surface area (Å²) in [6.07, 6.45) is 2.48. The highest BCUT2D eigenvalue weighted by atomic mass is 35.5. The van der Waals surface area contributed by atoms with E-state index in [0.29, 0.717) is 17.8 Å². The molecule has 6 heteroatoms. The van der Waals surface area contributed by atoms with Gasteiger partial charge < -0.3 is 14.7 Å². The first kappa shape index (κ1) is 13.6. The summed E-state index contributed by atoms with van der Waals surface area (Å²) in [5, 5.41) is 8.17. The Morgan fingerprint density at radius 2 is 2.10 bits per heavy atom. The van der Waals surface area contributed by atoms with Crippen LogP contribution < -0.4 is 5.32 Å². The average Bonchev–Trinajstić information content (AvgIpc) is 2.85. The molecule has 1 atom stereocenters. The maximum Gasteiger partial charge on any atom is 0.204 e. The third kappa shape index (κ3) is 2.15. The van der Waals surface area contributed by atoms with E-state index in [0.717, 1.165) is 11.9 Å². The van der Waals surface area contributed by atoms with Crippen LogP contribution in [0.1, 0.15) is 12.8 Å². The first-order valence-electron chi connectivity index (χ1n) is 6.84. The molecule has 1 N–H and O–H groups in total. The van der Waals surface area contributed by atoms with Crippen molar-refractivity contribution in [2.45, 2.75) is 18.9 Å². The highest BCUT2D eigenvalue weighted by Gasteiger charge is 2.34. The number of para-hydroxylation sites is 1. The van der Waals surface area contributed by atoms with E-state index in [1.165, 1.54) is 32.0 Å². The Hall–Kier alpha value is -1.33. The van der Waals surface area contributed by atoms with Gasteiger partial charge in [-0.15, -0.1) is 12.4 Å². The number of nitrogens with one attached hydrogen (secondary N) is 1. The smallest absolute Gasteiger partial charge is 0.204 e. The summed E-state index contributed by atoms with van der Waals surface area (Å²) < 4.78 is 18.7. The lowest BCUT2D eigenvalue weighted by molar-refractivity contribution is 0.0973. The van der Waals surface area contributed by atoms with Crippen molar-refractivity contribution >= 4 is 29.2 Å². The highest BCUT2D eigenvalue weighted by molar-refractivity contribution is 5.88. The predicted octanol–water partition coefficient (Wildman–Crippen LogP) is 2.89. The van der Waals surface area contributed by atoms with Crippen LogP contribution in [0.4, 0.5) is 10.2 Å². The standard InChI is InChI=1S/C14H16FN3O.ClH/c15-11-3-1-2-10-13(11)19-17-14(10)16-12-8-18-6-4-9(12)5-7-18;/h1-3,9,12H,4-8H2,(H,16,17);1H/t12-;/m0./s1. The number of rotatable bonds is 2. The third-order valence-electron chi connectivity index (χ3n) is 4.43. The van der Waals surface area contributed by atoms with Crippen LogP contribution in [0.15, 0.2) is 22.7 Å². The average molecular weight is 298 g/mol. The largest absolute Gasteiger partial charge is 0.362 e. The zero-order chi connectivity index (χ0) is 12.8. The molecule has 2 bridgehead atoms. The van der Waals surface area contributed by atoms with E-state index in [2.05, 4.69) is 15.4 Å². The molecular weight excluding hydrogens is 281 g/mol. The molecule has 0 unspecified atom stereocenters. The summed E-state index contributed by atoms with van der Waals surface area (Å²) in [4.78, 5) is 2.47. The minimum absolute atomic E-state index is 0. The Morgan fingerprint density at radius 3 is 2.80 bits per heavy atom. The van der Waals surface area contributed by atoms with Gasteiger partial charge in [0.1, 0.15) is 0 Å². The zero-order valence-corrected chi connectivity index (χ0v) is 11.8. The van der Waals surface area contributed by atoms with Gasteiger partial charge in [0.25, 0.3) is 0 Å². The minimum atomic E-state index is -0.355. The first-order valence-corrected chi connectivity index (χ1v) is 6.84. The molecule has 4 nitrogen and oxygen atoms in total. The number of hydrogen-bond donors (Lipinski definition) is 1. The zero-order valence-electron chi connectivity index (χ0n) is 11.0. The maximum absolute atomic E-state index is 13.6. The van der Waals surface area contributed by atoms with Gasteiger partial charge in [0.15, 0.2) is 11.6 Å². The molecule has 4 heterocycles. The Balaban J connectivity index is 0.00000121. The van der Waals surface area contributed by atoms with Crippen molar-refractivity contribution in [3.05, 3.63) is 24.0 Å². The van der Waals surface area contributed by atoms with Crippen molar-refractivity contribution in [1.29, 1.82) is 0 Å². The molecule has 3 aliphatic heterocycles. The van der Waals surface area contributed by atoms with E-state index in [9.17, 15) is 4.39 Å². The fourth-order valence-electron chi connectivity index (χ4n) is 3.34. The number of benzene rings is 1. The molecule has 108 valence electrons. The van der Waals surface area contributed by atoms with E-state index in [1.54, 1.807) is 6.07 Å². The van der Waals surface area contributed by atoms with Crippen LogP contribution >= 0.6 is 12.4 Å². The van der Waals surface area contributed by atoms with Crippen molar-refractivity contribution < 1.29 is 8.91 Å². The number of fused-ring (bicyclic) bond motifs is 4. The second kappa shape index (κ2) is 5.22. The van der Waals surface area contributed by atoms with Gasteiger partial charge in [-0.2, -0.15) is 0 Å². The van der Waals surface area contributed by atoms with Gasteiger partial charge in [-0.1, -0.05) is 11.2 Å². The van der Waals surface area contributed by atoms with Crippen LogP contribution in [-0.4, -0.2) is 35.7 Å². The topological polar surface area (TPSA) is 41.3 Å². The molecule has 5 rings (SSSR count). The number of halogens is 2. The maximum atomic E-state index is 13.6. The summed E-state index contributed by atoms with van der Waals surface area (Å²) >= 11 is 0. The van der Waals surface area contributed by atoms with Crippen LogP contribution in [0.3, 0.4) is 0 Å². The monoisotopic (exact) mass is 297 g/mol. The predicted molar refractivity (Wildman–Crippen MR) is 77.8 cm³/mol. The summed E-state index contributed by atoms with van der Waals surface area (Å²) in [6, 6.07) is 5.33. The first-order chi connectivity index (χ1) is 9.31. The minimum Gasteiger partial charge on any atom is -0.362 e. The van der Waals surface area contributed by atoms with Crippen LogP contribution in [0.2, 0.25) is 0 Å². The molecule has 3 aliphatic rings. The van der Waals surface area contributed by atoms with Gasteiger partial charge in [-0.05, 0) is 44.0 Å². The summed E-state index contributed by atoms with van der Waals surface area (Å²) in [5.74, 6) is 1.02. The van der Waals surface area contributed by atoms with Crippen LogP contribution in [-0.2, 0) is 0 Å². The van der Waals surface area contributed by atoms with E-state index in [-0.39, 0.29) is 23.8 Å². The Morgan fingerprint density at radius 1 is 1.30 bits per heavy atom. The summed E-state index contributed by atoms with van der Waals surface area (Å²) in [5.41, 5.74) is 0.242. The molecule has 0 aliphatic carbocycles. The van der Waals surface area contributed by atoms with Gasteiger partial charge >= 0.3 is 0 Å². The normalized spacial score (nSPS) is 28.4. The lowest BCUT2D eigenvalue weighted by Gasteiger charge is -2.44. The van der Waals surface area contributed by atoms with Gasteiger partial charge in [0.2, 0.25) is 5.58 Å². The highest BCUT2D eigenvalue weighted by Crippen LogP contribution is 2.32. The molecule has 2 aromatic rings. The Bertz CT molecular complexity index is 609. The second-order valence-corrected chi connectivity index (χ2v) is 5.54. The van der Waals surface area contributed by atoms with E-state index < -0.39 is 0 Å². The lowest BCUT2D eigenvalue weighted by atomic mass is 9.84. The molecule has 3 fully saturated rings. The van der Waals surface area contributed by atoms with Crippen molar-refractivity contribution in [1.82, 2.24) is 10.1 Å². The Labute approximate surface area is 122 Å². The number of anilines is 1. The molecular formula is C14H17ClFN3O. The van der Waals surface area contributed by atoms with Crippen LogP contribution in [0, 0.1) is 11.7 Å². The van der Waals surface area contributed by atoms with Crippen molar-refractivity contribution in [2.24, 2.45) is 5.92 Å². The fraction of sp³-hybridized carbons (Fsp3) is 0.500. The number of hydrogen-bond acceptors (Lipinski definition) is 4. The number of aromatic nitrogens is 1. The van der Waals surface area contributed by atoms with Crippen molar-refractivity contribution in [3.8, 4) is 0 Å². The van der Waals surface area contributed by atoms with Gasteiger partial charge in [-0.25, -0.2) is 4.39 Å². The lowest BCUT2D eigenvalue weighted by Crippen LogP contribution is -2.53. The summed E-state index contributed by atoms with van der Waals surface area (Å²) in [7, 11) is 0. The molecule has 0 radical (unpaired) electrons. The SMILES string of the molecule is Cl.Fc1cccc2c(N[C@H]3CN4CCC3CC4)noc12. The van der Waals surface area contributed by atoms with E-state index >= 15 is 0 Å². The summed E-state index contributed by atoms with van der Waals surface area (Å²) in [6.45, 7) is 3.46. The molecule has 0 saturated carbocycles. The van der Waals surface area contributed by atoms with E-state index in [1.807, 2.05) is 6.07 Å². The van der Waals surface area contributed by atoms with Crippen molar-refractivity contribution in [3.63, 3.8) is 0 Å². The third-order valence-corrected chi connectivity index (χ3v) is 4.43. The molecule has 0 amide bonds. The fourth-order valence-corrected chi connectivity index (χ4v) is 3.34. The molecule has 20 heavy (non-hydrogen) atoms. The molecule has 3 saturated heterocycles. The van der Waals surface area contributed by atoms with Gasteiger partial charge in [0.05, 0.1) is 5.39 Å². The van der Waals surface area contributed by atoms with Crippen LogP contribution in [0.25, 0.3) is 11.0 Å². The van der Waals surface area contributed by atoms with Gasteiger partial charge in [0, 0.05) is 12.6 Å². The quantitative estimate of drug-likeness (QED) is 0.925. The molecule has 0 spiro atoms.